The normalized spacial score (nSPS) is 11.9. The number of amides is 2. The molecule has 42 heavy (non-hydrogen) atoms. The summed E-state index contributed by atoms with van der Waals surface area (Å²) in [6, 6.07) is 14.8. The van der Waals surface area contributed by atoms with Crippen molar-refractivity contribution in [1.29, 1.82) is 0 Å². The minimum atomic E-state index is -4.40. The fourth-order valence-electron chi connectivity index (χ4n) is 4.34. The Bertz CT molecular complexity index is 1490. The van der Waals surface area contributed by atoms with E-state index in [9.17, 15) is 22.4 Å². The number of carbonyl (C=O) groups excluding carboxylic acids is 2. The number of nitrogens with zero attached hydrogens (tertiary/aromatic N) is 2. The van der Waals surface area contributed by atoms with Crippen molar-refractivity contribution in [3.8, 4) is 11.5 Å². The van der Waals surface area contributed by atoms with Crippen molar-refractivity contribution in [2.45, 2.75) is 44.2 Å². The number of hydrogen-bond donors (Lipinski definition) is 1. The van der Waals surface area contributed by atoms with Crippen LogP contribution in [0, 0.1) is 5.82 Å². The average molecular weight is 620 g/mol. The van der Waals surface area contributed by atoms with Crippen LogP contribution in [-0.2, 0) is 26.2 Å². The second kappa shape index (κ2) is 14.9. The first-order valence-corrected chi connectivity index (χ1v) is 15.2. The molecule has 1 atom stereocenters. The molecule has 0 aliphatic carbocycles. The second-order valence-electron chi connectivity index (χ2n) is 9.33. The molecule has 0 aliphatic heterocycles. The van der Waals surface area contributed by atoms with Gasteiger partial charge in [-0.05, 0) is 60.9 Å². The van der Waals surface area contributed by atoms with Crippen LogP contribution < -0.4 is 19.1 Å². The van der Waals surface area contributed by atoms with E-state index < -0.39 is 34.3 Å². The Hall–Kier alpha value is -3.83. The number of rotatable bonds is 14. The van der Waals surface area contributed by atoms with E-state index in [0.717, 1.165) is 16.4 Å². The van der Waals surface area contributed by atoms with E-state index in [1.807, 2.05) is 6.92 Å². The zero-order chi connectivity index (χ0) is 30.9. The monoisotopic (exact) mass is 619 g/mol. The van der Waals surface area contributed by atoms with Crippen LogP contribution in [0.25, 0.3) is 0 Å². The summed E-state index contributed by atoms with van der Waals surface area (Å²) in [6.07, 6.45) is 0.966. The first-order chi connectivity index (χ1) is 20.1. The molecule has 9 nitrogen and oxygen atoms in total. The Morgan fingerprint density at radius 2 is 1.64 bits per heavy atom. The maximum atomic E-state index is 14.1. The minimum absolute atomic E-state index is 0.0375. The molecular weight excluding hydrogens is 585 g/mol. The summed E-state index contributed by atoms with van der Waals surface area (Å²) >= 11 is 6.40. The smallest absolute Gasteiger partial charge is 0.264 e. The summed E-state index contributed by atoms with van der Waals surface area (Å²) in [5.74, 6) is -1.11. The SMILES string of the molecule is CCCNC(=O)C(CC)N(Cc1ccccc1Cl)C(=O)CN(c1ccc(F)cc1)S(=O)(=O)c1ccc(OC)c(OC)c1. The number of benzene rings is 3. The van der Waals surface area contributed by atoms with Crippen molar-refractivity contribution < 1.29 is 31.9 Å². The van der Waals surface area contributed by atoms with Gasteiger partial charge in [-0.25, -0.2) is 12.8 Å². The molecule has 12 heteroatoms. The lowest BCUT2D eigenvalue weighted by Gasteiger charge is -2.33. The molecule has 0 saturated carbocycles. The van der Waals surface area contributed by atoms with Gasteiger partial charge in [-0.1, -0.05) is 43.6 Å². The van der Waals surface area contributed by atoms with Crippen molar-refractivity contribution in [3.63, 3.8) is 0 Å². The second-order valence-corrected chi connectivity index (χ2v) is 11.6. The lowest BCUT2D eigenvalue weighted by atomic mass is 10.1. The largest absolute Gasteiger partial charge is 0.493 e. The van der Waals surface area contributed by atoms with E-state index in [4.69, 9.17) is 21.1 Å². The van der Waals surface area contributed by atoms with Crippen LogP contribution in [-0.4, -0.2) is 58.5 Å². The molecule has 0 saturated heterocycles. The summed E-state index contributed by atoms with van der Waals surface area (Å²) in [5, 5.41) is 3.22. The molecule has 3 aromatic carbocycles. The van der Waals surface area contributed by atoms with Crippen LogP contribution in [0.4, 0.5) is 10.1 Å². The molecular formula is C30H35ClFN3O6S. The summed E-state index contributed by atoms with van der Waals surface area (Å²) < 4.78 is 53.3. The summed E-state index contributed by atoms with van der Waals surface area (Å²) in [4.78, 5) is 28.4. The van der Waals surface area contributed by atoms with Gasteiger partial charge < -0.3 is 19.7 Å². The van der Waals surface area contributed by atoms with Gasteiger partial charge in [0.2, 0.25) is 11.8 Å². The summed E-state index contributed by atoms with van der Waals surface area (Å²) in [7, 11) is -1.61. The summed E-state index contributed by atoms with van der Waals surface area (Å²) in [6.45, 7) is 3.38. The first-order valence-electron chi connectivity index (χ1n) is 13.4. The number of hydrogen-bond acceptors (Lipinski definition) is 6. The maximum absolute atomic E-state index is 14.1. The molecule has 0 bridgehead atoms. The molecule has 226 valence electrons. The average Bonchev–Trinajstić information content (AvgIpc) is 2.99. The number of ether oxygens (including phenoxy) is 2. The van der Waals surface area contributed by atoms with Gasteiger partial charge >= 0.3 is 0 Å². The fraction of sp³-hybridized carbons (Fsp3) is 0.333. The van der Waals surface area contributed by atoms with E-state index in [1.54, 1.807) is 31.2 Å². The minimum Gasteiger partial charge on any atom is -0.493 e. The maximum Gasteiger partial charge on any atom is 0.264 e. The van der Waals surface area contributed by atoms with Crippen LogP contribution in [0.5, 0.6) is 11.5 Å². The molecule has 1 unspecified atom stereocenters. The number of carbonyl (C=O) groups is 2. The van der Waals surface area contributed by atoms with Gasteiger partial charge in [-0.3, -0.25) is 13.9 Å². The van der Waals surface area contributed by atoms with E-state index in [-0.39, 0.29) is 35.2 Å². The molecule has 3 aromatic rings. The topological polar surface area (TPSA) is 105 Å². The molecule has 0 fully saturated rings. The standard InChI is InChI=1S/C30H35ClFN3O6S/c1-5-17-33-30(37)26(6-2)34(19-21-9-7-8-10-25(21)31)29(36)20-35(23-13-11-22(32)12-14-23)42(38,39)24-15-16-27(40-3)28(18-24)41-4/h7-16,18,26H,5-6,17,19-20H2,1-4H3,(H,33,37). The van der Waals surface area contributed by atoms with Crippen LogP contribution in [0.3, 0.4) is 0 Å². The molecule has 2 amide bonds. The quantitative estimate of drug-likeness (QED) is 0.272. The van der Waals surface area contributed by atoms with Crippen molar-refractivity contribution in [1.82, 2.24) is 10.2 Å². The molecule has 3 rings (SSSR count). The fourth-order valence-corrected chi connectivity index (χ4v) is 5.96. The molecule has 1 N–H and O–H groups in total. The van der Waals surface area contributed by atoms with Crippen molar-refractivity contribution >= 4 is 39.1 Å². The molecule has 0 spiro atoms. The van der Waals surface area contributed by atoms with E-state index in [1.165, 1.54) is 49.5 Å². The van der Waals surface area contributed by atoms with Crippen molar-refractivity contribution in [3.05, 3.63) is 83.1 Å². The van der Waals surface area contributed by atoms with Gasteiger partial charge in [0.25, 0.3) is 10.0 Å². The third-order valence-corrected chi connectivity index (χ3v) is 8.71. The molecule has 0 aromatic heterocycles. The van der Waals surface area contributed by atoms with Gasteiger partial charge in [0.15, 0.2) is 11.5 Å². The van der Waals surface area contributed by atoms with Crippen molar-refractivity contribution in [2.75, 3.05) is 31.6 Å². The Labute approximate surface area is 251 Å². The Kier molecular flexibility index (Phi) is 11.6. The van der Waals surface area contributed by atoms with Crippen LogP contribution >= 0.6 is 11.6 Å². The van der Waals surface area contributed by atoms with Crippen LogP contribution in [0.1, 0.15) is 32.3 Å². The number of halogens is 2. The predicted molar refractivity (Wildman–Crippen MR) is 160 cm³/mol. The molecule has 0 aliphatic rings. The highest BCUT2D eigenvalue weighted by molar-refractivity contribution is 7.92. The zero-order valence-electron chi connectivity index (χ0n) is 24.0. The molecule has 0 radical (unpaired) electrons. The van der Waals surface area contributed by atoms with Gasteiger partial charge in [-0.2, -0.15) is 0 Å². The Morgan fingerprint density at radius 3 is 2.24 bits per heavy atom. The number of methoxy groups -OCH3 is 2. The third kappa shape index (κ3) is 7.71. The zero-order valence-corrected chi connectivity index (χ0v) is 25.5. The highest BCUT2D eigenvalue weighted by Gasteiger charge is 2.34. The van der Waals surface area contributed by atoms with Crippen LogP contribution in [0.15, 0.2) is 71.6 Å². The number of nitrogens with one attached hydrogen (secondary N) is 1. The molecule has 0 heterocycles. The Balaban J connectivity index is 2.10. The van der Waals surface area contributed by atoms with E-state index in [0.29, 0.717) is 29.3 Å². The Morgan fingerprint density at radius 1 is 0.976 bits per heavy atom. The third-order valence-electron chi connectivity index (χ3n) is 6.57. The van der Waals surface area contributed by atoms with Gasteiger partial charge in [-0.15, -0.1) is 0 Å². The summed E-state index contributed by atoms with van der Waals surface area (Å²) in [5.41, 5.74) is 0.644. The highest BCUT2D eigenvalue weighted by Crippen LogP contribution is 2.32. The van der Waals surface area contributed by atoms with E-state index >= 15 is 0 Å². The van der Waals surface area contributed by atoms with Gasteiger partial charge in [0.05, 0.1) is 24.8 Å². The van der Waals surface area contributed by atoms with Crippen molar-refractivity contribution in [2.24, 2.45) is 0 Å². The number of sulfonamides is 1. The predicted octanol–water partition coefficient (Wildman–Crippen LogP) is 5.03. The van der Waals surface area contributed by atoms with Gasteiger partial charge in [0.1, 0.15) is 18.4 Å². The lowest BCUT2D eigenvalue weighted by molar-refractivity contribution is -0.140. The first kappa shape index (κ1) is 32.7. The van der Waals surface area contributed by atoms with Crippen LogP contribution in [0.2, 0.25) is 5.02 Å². The van der Waals surface area contributed by atoms with E-state index in [2.05, 4.69) is 5.32 Å². The van der Waals surface area contributed by atoms with Gasteiger partial charge in [0, 0.05) is 24.2 Å². The number of anilines is 1. The lowest BCUT2D eigenvalue weighted by Crippen LogP contribution is -2.52. The highest BCUT2D eigenvalue weighted by atomic mass is 35.5.